The van der Waals surface area contributed by atoms with Gasteiger partial charge in [0.05, 0.1) is 5.75 Å². The standard InChI is InChI=1S/C19H26ClFN2O3S/c20-17-7-4-8-18(21)16(17)13-27(25,26)23-11-9-14(10-12-23)19(24)22-15-5-2-1-3-6-15/h4,7-8,14-15H,1-3,5-6,9-13H2,(H,22,24). The Labute approximate surface area is 165 Å². The van der Waals surface area contributed by atoms with E-state index >= 15 is 0 Å². The first-order chi connectivity index (χ1) is 12.9. The minimum absolute atomic E-state index is 0.00340. The fraction of sp³-hybridized carbons (Fsp3) is 0.632. The van der Waals surface area contributed by atoms with Gasteiger partial charge in [-0.15, -0.1) is 0 Å². The predicted molar refractivity (Wildman–Crippen MR) is 103 cm³/mol. The number of hydrogen-bond acceptors (Lipinski definition) is 3. The summed E-state index contributed by atoms with van der Waals surface area (Å²) in [5.41, 5.74) is -0.00340. The Bertz CT molecular complexity index is 753. The maximum atomic E-state index is 13.9. The summed E-state index contributed by atoms with van der Waals surface area (Å²) in [4.78, 5) is 12.5. The van der Waals surface area contributed by atoms with Crippen LogP contribution in [0.1, 0.15) is 50.5 Å². The maximum absolute atomic E-state index is 13.9. The quantitative estimate of drug-likeness (QED) is 0.799. The molecule has 0 bridgehead atoms. The predicted octanol–water partition coefficient (Wildman–Crippen LogP) is 3.47. The molecule has 0 spiro atoms. The molecule has 1 N–H and O–H groups in total. The Morgan fingerprint density at radius 3 is 2.44 bits per heavy atom. The number of rotatable bonds is 5. The van der Waals surface area contributed by atoms with Gasteiger partial charge in [-0.1, -0.05) is 36.9 Å². The molecule has 0 atom stereocenters. The number of benzene rings is 1. The minimum Gasteiger partial charge on any atom is -0.353 e. The lowest BCUT2D eigenvalue weighted by molar-refractivity contribution is -0.127. The van der Waals surface area contributed by atoms with Crippen LogP contribution in [0.3, 0.4) is 0 Å². The van der Waals surface area contributed by atoms with Crippen molar-refractivity contribution in [3.63, 3.8) is 0 Å². The number of piperidine rings is 1. The number of nitrogens with one attached hydrogen (secondary N) is 1. The highest BCUT2D eigenvalue weighted by atomic mass is 35.5. The van der Waals surface area contributed by atoms with Gasteiger partial charge in [0.1, 0.15) is 5.82 Å². The summed E-state index contributed by atoms with van der Waals surface area (Å²) in [7, 11) is -3.68. The molecule has 5 nitrogen and oxygen atoms in total. The molecular formula is C19H26ClFN2O3S. The van der Waals surface area contributed by atoms with Gasteiger partial charge in [0, 0.05) is 35.6 Å². The highest BCUT2D eigenvalue weighted by molar-refractivity contribution is 7.88. The molecule has 1 heterocycles. The summed E-state index contributed by atoms with van der Waals surface area (Å²) in [6, 6.07) is 4.40. The van der Waals surface area contributed by atoms with E-state index in [1.165, 1.54) is 28.9 Å². The molecule has 8 heteroatoms. The zero-order valence-electron chi connectivity index (χ0n) is 15.3. The third kappa shape index (κ3) is 5.21. The van der Waals surface area contributed by atoms with Crippen LogP contribution >= 0.6 is 11.6 Å². The van der Waals surface area contributed by atoms with Crippen molar-refractivity contribution >= 4 is 27.5 Å². The Hall–Kier alpha value is -1.18. The molecule has 2 aliphatic rings. The molecule has 150 valence electrons. The van der Waals surface area contributed by atoms with Crippen LogP contribution in [0, 0.1) is 11.7 Å². The summed E-state index contributed by atoms with van der Waals surface area (Å²) in [5, 5.41) is 3.23. The van der Waals surface area contributed by atoms with Crippen LogP contribution < -0.4 is 5.32 Å². The minimum atomic E-state index is -3.68. The molecule has 1 aromatic rings. The lowest BCUT2D eigenvalue weighted by atomic mass is 9.93. The van der Waals surface area contributed by atoms with Gasteiger partial charge in [0.2, 0.25) is 15.9 Å². The van der Waals surface area contributed by atoms with E-state index in [2.05, 4.69) is 5.32 Å². The number of sulfonamides is 1. The van der Waals surface area contributed by atoms with Crippen LogP contribution in [0.15, 0.2) is 18.2 Å². The fourth-order valence-electron chi connectivity index (χ4n) is 3.91. The van der Waals surface area contributed by atoms with E-state index in [9.17, 15) is 17.6 Å². The second kappa shape index (κ2) is 8.88. The third-order valence-corrected chi connectivity index (χ3v) is 7.72. The first-order valence-corrected chi connectivity index (χ1v) is 11.6. The summed E-state index contributed by atoms with van der Waals surface area (Å²) in [5.74, 6) is -1.20. The van der Waals surface area contributed by atoms with E-state index in [0.717, 1.165) is 25.7 Å². The zero-order valence-corrected chi connectivity index (χ0v) is 16.9. The molecule has 0 radical (unpaired) electrons. The number of hydrogen-bond donors (Lipinski definition) is 1. The first kappa shape index (κ1) is 20.6. The lowest BCUT2D eigenvalue weighted by Gasteiger charge is -2.32. The van der Waals surface area contributed by atoms with E-state index in [1.54, 1.807) is 0 Å². The molecule has 2 fully saturated rings. The number of halogens is 2. The highest BCUT2D eigenvalue weighted by Gasteiger charge is 2.32. The van der Waals surface area contributed by atoms with Crippen molar-refractivity contribution in [2.45, 2.75) is 56.7 Å². The summed E-state index contributed by atoms with van der Waals surface area (Å²) >= 11 is 5.96. The first-order valence-electron chi connectivity index (χ1n) is 9.58. The Kier molecular flexibility index (Phi) is 6.76. The SMILES string of the molecule is O=C(NC1CCCCC1)C1CCN(S(=O)(=O)Cc2c(F)cccc2Cl)CC1. The van der Waals surface area contributed by atoms with Gasteiger partial charge in [-0.3, -0.25) is 4.79 Å². The molecule has 1 aliphatic carbocycles. The summed E-state index contributed by atoms with van der Waals surface area (Å²) in [6.07, 6.45) is 6.57. The largest absolute Gasteiger partial charge is 0.353 e. The van der Waals surface area contributed by atoms with Crippen LogP contribution in [-0.4, -0.2) is 37.8 Å². The molecule has 27 heavy (non-hydrogen) atoms. The number of carbonyl (C=O) groups is 1. The van der Waals surface area contributed by atoms with Crippen molar-refractivity contribution in [3.8, 4) is 0 Å². The number of nitrogens with zero attached hydrogens (tertiary/aromatic N) is 1. The van der Waals surface area contributed by atoms with Crippen LogP contribution in [0.4, 0.5) is 4.39 Å². The summed E-state index contributed by atoms with van der Waals surface area (Å²) in [6.45, 7) is 0.550. The second-order valence-corrected chi connectivity index (χ2v) is 9.85. The van der Waals surface area contributed by atoms with Crippen molar-refractivity contribution in [2.24, 2.45) is 5.92 Å². The van der Waals surface area contributed by atoms with Gasteiger partial charge in [-0.05, 0) is 37.8 Å². The molecule has 1 amide bonds. The molecular weight excluding hydrogens is 391 g/mol. The zero-order chi connectivity index (χ0) is 19.4. The monoisotopic (exact) mass is 416 g/mol. The van der Waals surface area contributed by atoms with E-state index in [4.69, 9.17) is 11.6 Å². The fourth-order valence-corrected chi connectivity index (χ4v) is 5.82. The van der Waals surface area contributed by atoms with Crippen molar-refractivity contribution in [1.82, 2.24) is 9.62 Å². The average molecular weight is 417 g/mol. The van der Waals surface area contributed by atoms with Gasteiger partial charge in [-0.2, -0.15) is 0 Å². The average Bonchev–Trinajstić information content (AvgIpc) is 2.66. The van der Waals surface area contributed by atoms with Crippen LogP contribution in [0.5, 0.6) is 0 Å². The Morgan fingerprint density at radius 2 is 1.81 bits per heavy atom. The van der Waals surface area contributed by atoms with Gasteiger partial charge in [0.25, 0.3) is 0 Å². The number of amides is 1. The Morgan fingerprint density at radius 1 is 1.15 bits per heavy atom. The topological polar surface area (TPSA) is 66.5 Å². The number of carbonyl (C=O) groups excluding carboxylic acids is 1. The van der Waals surface area contributed by atoms with E-state index in [-0.39, 0.29) is 41.5 Å². The lowest BCUT2D eigenvalue weighted by Crippen LogP contribution is -2.46. The van der Waals surface area contributed by atoms with Crippen molar-refractivity contribution in [1.29, 1.82) is 0 Å². The van der Waals surface area contributed by atoms with Gasteiger partial charge in [0.15, 0.2) is 0 Å². The molecule has 1 saturated heterocycles. The van der Waals surface area contributed by atoms with Crippen LogP contribution in [-0.2, 0) is 20.6 Å². The van der Waals surface area contributed by atoms with Gasteiger partial charge in [-0.25, -0.2) is 17.1 Å². The van der Waals surface area contributed by atoms with Crippen molar-refractivity contribution in [3.05, 3.63) is 34.6 Å². The van der Waals surface area contributed by atoms with Crippen molar-refractivity contribution < 1.29 is 17.6 Å². The molecule has 0 unspecified atom stereocenters. The maximum Gasteiger partial charge on any atom is 0.223 e. The Balaban J connectivity index is 1.55. The van der Waals surface area contributed by atoms with Crippen LogP contribution in [0.25, 0.3) is 0 Å². The molecule has 3 rings (SSSR count). The molecule has 0 aromatic heterocycles. The van der Waals surface area contributed by atoms with Crippen LogP contribution in [0.2, 0.25) is 5.02 Å². The summed E-state index contributed by atoms with van der Waals surface area (Å²) < 4.78 is 40.6. The third-order valence-electron chi connectivity index (χ3n) is 5.56. The van der Waals surface area contributed by atoms with E-state index in [0.29, 0.717) is 12.8 Å². The van der Waals surface area contributed by atoms with Crippen molar-refractivity contribution in [2.75, 3.05) is 13.1 Å². The molecule has 1 aromatic carbocycles. The van der Waals surface area contributed by atoms with Gasteiger partial charge >= 0.3 is 0 Å². The normalized spacial score (nSPS) is 20.5. The molecule has 1 aliphatic heterocycles. The highest BCUT2D eigenvalue weighted by Crippen LogP contribution is 2.26. The van der Waals surface area contributed by atoms with E-state index in [1.807, 2.05) is 0 Å². The van der Waals surface area contributed by atoms with E-state index < -0.39 is 21.6 Å². The second-order valence-electron chi connectivity index (χ2n) is 7.47. The van der Waals surface area contributed by atoms with Gasteiger partial charge < -0.3 is 5.32 Å². The smallest absolute Gasteiger partial charge is 0.223 e. The molecule has 1 saturated carbocycles.